The molecule has 2 amide bonds. The van der Waals surface area contributed by atoms with Crippen LogP contribution in [0.2, 0.25) is 0 Å². The summed E-state index contributed by atoms with van der Waals surface area (Å²) in [5, 5.41) is 0. The minimum atomic E-state index is -0.0718. The second kappa shape index (κ2) is 1.98. The molecule has 0 aromatic heterocycles. The van der Waals surface area contributed by atoms with Crippen LogP contribution in [-0.2, 0) is 0 Å². The van der Waals surface area contributed by atoms with Crippen LogP contribution in [0.5, 0.6) is 0 Å². The summed E-state index contributed by atoms with van der Waals surface area (Å²) in [7, 11) is 1.74. The fraction of sp³-hybridized carbons (Fsp3) is 0.500. The number of likely N-dealkylation sites (N-methyl/N-ethyl adjacent to an activating group) is 1. The summed E-state index contributed by atoms with van der Waals surface area (Å²) < 4.78 is 0. The van der Waals surface area contributed by atoms with Crippen LogP contribution in [0.3, 0.4) is 0 Å². The Morgan fingerprint density at radius 1 is 1.67 bits per heavy atom. The van der Waals surface area contributed by atoms with E-state index in [2.05, 4.69) is 6.04 Å². The number of terminal acetylenes is 1. The number of carbonyl (C=O) groups excluding carboxylic acids is 1. The Balaban J connectivity index is 2.65. The van der Waals surface area contributed by atoms with Gasteiger partial charge in [-0.05, 0) is 0 Å². The number of rotatable bonds is 0. The fourth-order valence-electron chi connectivity index (χ4n) is 0.767. The summed E-state index contributed by atoms with van der Waals surface area (Å²) in [6.07, 6.45) is 5.01. The first-order chi connectivity index (χ1) is 4.25. The number of carbonyl (C=O) groups is 1. The quantitative estimate of drug-likeness (QED) is 0.415. The zero-order valence-electron chi connectivity index (χ0n) is 5.29. The second-order valence-electron chi connectivity index (χ2n) is 1.98. The molecule has 0 aromatic carbocycles. The van der Waals surface area contributed by atoms with E-state index in [-0.39, 0.29) is 6.03 Å². The molecule has 3 heteroatoms. The first-order valence-corrected chi connectivity index (χ1v) is 2.74. The Morgan fingerprint density at radius 3 is 2.56 bits per heavy atom. The maximum Gasteiger partial charge on any atom is 0.331 e. The topological polar surface area (TPSA) is 23.6 Å². The average molecular weight is 124 g/mol. The number of amides is 2. The van der Waals surface area contributed by atoms with Gasteiger partial charge in [0.05, 0.1) is 6.54 Å². The van der Waals surface area contributed by atoms with Gasteiger partial charge in [-0.2, -0.15) is 0 Å². The lowest BCUT2D eigenvalue weighted by Crippen LogP contribution is -2.25. The maximum atomic E-state index is 10.8. The normalized spacial score (nSPS) is 18.4. The molecule has 3 nitrogen and oxygen atoms in total. The summed E-state index contributed by atoms with van der Waals surface area (Å²) in [6, 6.07) is 2.21. The van der Waals surface area contributed by atoms with Crippen molar-refractivity contribution in [3.05, 3.63) is 0 Å². The molecule has 0 saturated carbocycles. The molecule has 0 radical (unpaired) electrons. The van der Waals surface area contributed by atoms with E-state index in [0.717, 1.165) is 6.54 Å². The summed E-state index contributed by atoms with van der Waals surface area (Å²) >= 11 is 0. The second-order valence-corrected chi connectivity index (χ2v) is 1.98. The molecule has 1 aliphatic rings. The predicted octanol–water partition coefficient (Wildman–Crippen LogP) is -0.0555. The van der Waals surface area contributed by atoms with Crippen molar-refractivity contribution in [3.8, 4) is 12.5 Å². The molecule has 1 rings (SSSR count). The van der Waals surface area contributed by atoms with E-state index < -0.39 is 0 Å². The van der Waals surface area contributed by atoms with Gasteiger partial charge in [0, 0.05) is 19.6 Å². The van der Waals surface area contributed by atoms with Crippen LogP contribution in [0.25, 0.3) is 0 Å². The van der Waals surface area contributed by atoms with E-state index >= 15 is 0 Å². The van der Waals surface area contributed by atoms with Crippen molar-refractivity contribution in [1.82, 2.24) is 9.80 Å². The SMILES string of the molecule is C#CN1CCN(C)C1=O. The van der Waals surface area contributed by atoms with Crippen LogP contribution in [0.4, 0.5) is 4.79 Å². The van der Waals surface area contributed by atoms with Crippen molar-refractivity contribution in [1.29, 1.82) is 0 Å². The van der Waals surface area contributed by atoms with Crippen molar-refractivity contribution >= 4 is 6.03 Å². The standard InChI is InChI=1S/C6H8N2O/c1-3-8-5-4-7(2)6(8)9/h1H,4-5H2,2H3. The number of hydrogen-bond donors (Lipinski definition) is 0. The minimum absolute atomic E-state index is 0.0718. The lowest BCUT2D eigenvalue weighted by molar-refractivity contribution is 0.211. The third-order valence-electron chi connectivity index (χ3n) is 1.37. The van der Waals surface area contributed by atoms with Crippen LogP contribution in [0.15, 0.2) is 0 Å². The van der Waals surface area contributed by atoms with E-state index in [1.165, 1.54) is 4.90 Å². The van der Waals surface area contributed by atoms with Gasteiger partial charge in [0.15, 0.2) is 0 Å². The highest BCUT2D eigenvalue weighted by Gasteiger charge is 2.22. The zero-order valence-corrected chi connectivity index (χ0v) is 5.29. The molecule has 0 aliphatic carbocycles. The Bertz CT molecular complexity index is 170. The Labute approximate surface area is 54.2 Å². The van der Waals surface area contributed by atoms with Gasteiger partial charge < -0.3 is 4.90 Å². The first kappa shape index (κ1) is 5.96. The third-order valence-corrected chi connectivity index (χ3v) is 1.37. The van der Waals surface area contributed by atoms with Crippen LogP contribution < -0.4 is 0 Å². The minimum Gasteiger partial charge on any atom is -0.325 e. The molecule has 0 unspecified atom stereocenters. The van der Waals surface area contributed by atoms with Crippen LogP contribution in [0, 0.1) is 12.5 Å². The van der Waals surface area contributed by atoms with E-state index in [1.54, 1.807) is 11.9 Å². The summed E-state index contributed by atoms with van der Waals surface area (Å²) in [5.41, 5.74) is 0. The molecular formula is C6H8N2O. The van der Waals surface area contributed by atoms with E-state index in [9.17, 15) is 4.79 Å². The van der Waals surface area contributed by atoms with E-state index in [4.69, 9.17) is 6.42 Å². The molecule has 9 heavy (non-hydrogen) atoms. The van der Waals surface area contributed by atoms with Crippen molar-refractivity contribution in [2.75, 3.05) is 20.1 Å². The molecule has 48 valence electrons. The lowest BCUT2D eigenvalue weighted by Gasteiger charge is -2.06. The van der Waals surface area contributed by atoms with Crippen molar-refractivity contribution < 1.29 is 4.79 Å². The van der Waals surface area contributed by atoms with Crippen molar-refractivity contribution in [3.63, 3.8) is 0 Å². The smallest absolute Gasteiger partial charge is 0.325 e. The third kappa shape index (κ3) is 0.833. The van der Waals surface area contributed by atoms with Gasteiger partial charge in [-0.25, -0.2) is 4.79 Å². The average Bonchev–Trinajstić information content (AvgIpc) is 2.15. The van der Waals surface area contributed by atoms with E-state index in [0.29, 0.717) is 6.54 Å². The predicted molar refractivity (Wildman–Crippen MR) is 33.6 cm³/mol. The van der Waals surface area contributed by atoms with Gasteiger partial charge in [-0.1, -0.05) is 6.42 Å². The fourth-order valence-corrected chi connectivity index (χ4v) is 0.767. The molecule has 1 aliphatic heterocycles. The van der Waals surface area contributed by atoms with Crippen LogP contribution >= 0.6 is 0 Å². The summed E-state index contributed by atoms with van der Waals surface area (Å²) in [5.74, 6) is 0. The molecule has 0 spiro atoms. The van der Waals surface area contributed by atoms with Crippen molar-refractivity contribution in [2.45, 2.75) is 0 Å². The maximum absolute atomic E-state index is 10.8. The molecule has 0 N–H and O–H groups in total. The Morgan fingerprint density at radius 2 is 2.33 bits per heavy atom. The largest absolute Gasteiger partial charge is 0.331 e. The van der Waals surface area contributed by atoms with E-state index in [1.807, 2.05) is 0 Å². The van der Waals surface area contributed by atoms with Gasteiger partial charge in [0.25, 0.3) is 0 Å². The van der Waals surface area contributed by atoms with Gasteiger partial charge in [0.1, 0.15) is 0 Å². The molecule has 0 aromatic rings. The van der Waals surface area contributed by atoms with Crippen LogP contribution in [-0.4, -0.2) is 36.0 Å². The number of nitrogens with zero attached hydrogens (tertiary/aromatic N) is 2. The highest BCUT2D eigenvalue weighted by molar-refractivity contribution is 5.77. The highest BCUT2D eigenvalue weighted by atomic mass is 16.2. The van der Waals surface area contributed by atoms with Crippen LogP contribution in [0.1, 0.15) is 0 Å². The van der Waals surface area contributed by atoms with Gasteiger partial charge in [0.2, 0.25) is 0 Å². The summed E-state index contributed by atoms with van der Waals surface area (Å²) in [4.78, 5) is 13.8. The molecule has 1 fully saturated rings. The monoisotopic (exact) mass is 124 g/mol. The van der Waals surface area contributed by atoms with Gasteiger partial charge in [-0.3, -0.25) is 4.90 Å². The molecular weight excluding hydrogens is 116 g/mol. The number of urea groups is 1. The molecule has 1 heterocycles. The van der Waals surface area contributed by atoms with Gasteiger partial charge in [-0.15, -0.1) is 0 Å². The van der Waals surface area contributed by atoms with Crippen molar-refractivity contribution in [2.24, 2.45) is 0 Å². The molecule has 0 atom stereocenters. The Kier molecular flexibility index (Phi) is 1.31. The highest BCUT2D eigenvalue weighted by Crippen LogP contribution is 2.02. The lowest BCUT2D eigenvalue weighted by atomic mass is 10.6. The van der Waals surface area contributed by atoms with Gasteiger partial charge >= 0.3 is 6.03 Å². The summed E-state index contributed by atoms with van der Waals surface area (Å²) in [6.45, 7) is 1.40. The zero-order chi connectivity index (χ0) is 6.85. The molecule has 1 saturated heterocycles. The first-order valence-electron chi connectivity index (χ1n) is 2.74. The Hall–Kier alpha value is -1.17. The number of hydrogen-bond acceptors (Lipinski definition) is 1. The molecule has 0 bridgehead atoms.